The molecule has 5 nitrogen and oxygen atoms in total. The van der Waals surface area contributed by atoms with E-state index in [9.17, 15) is 5.11 Å². The average Bonchev–Trinajstić information content (AvgIpc) is 3.10. The molecular formula is C20H17ClN4O. The van der Waals surface area contributed by atoms with Crippen LogP contribution in [-0.4, -0.2) is 26.8 Å². The summed E-state index contributed by atoms with van der Waals surface area (Å²) < 4.78 is 1.81. The van der Waals surface area contributed by atoms with Gasteiger partial charge in [-0.05, 0) is 42.0 Å². The monoisotopic (exact) mass is 364 g/mol. The van der Waals surface area contributed by atoms with Crippen LogP contribution in [0.1, 0.15) is 5.56 Å². The van der Waals surface area contributed by atoms with E-state index in [-0.39, 0.29) is 6.61 Å². The van der Waals surface area contributed by atoms with Gasteiger partial charge in [-0.25, -0.2) is 9.50 Å². The Bertz CT molecular complexity index is 1080. The molecule has 0 amide bonds. The zero-order valence-corrected chi connectivity index (χ0v) is 14.9. The molecule has 1 N–H and O–H groups in total. The maximum absolute atomic E-state index is 9.38. The number of aliphatic hydroxyl groups is 1. The van der Waals surface area contributed by atoms with E-state index in [1.165, 1.54) is 0 Å². The Morgan fingerprint density at radius 3 is 2.73 bits per heavy atom. The van der Waals surface area contributed by atoms with Gasteiger partial charge in [0.05, 0.1) is 18.5 Å². The van der Waals surface area contributed by atoms with Crippen molar-refractivity contribution in [3.63, 3.8) is 0 Å². The van der Waals surface area contributed by atoms with Crippen molar-refractivity contribution in [3.8, 4) is 11.3 Å². The molecule has 130 valence electrons. The van der Waals surface area contributed by atoms with Crippen molar-refractivity contribution in [2.45, 2.75) is 6.61 Å². The molecule has 0 bridgehead atoms. The SMILES string of the molecule is CN(c1cccc(Cl)c1)c1ccc2ncc(-c3cccc(CO)c3)n2n1. The number of fused-ring (bicyclic) bond motifs is 1. The lowest BCUT2D eigenvalue weighted by Crippen LogP contribution is -2.13. The maximum atomic E-state index is 9.38. The molecule has 0 saturated heterocycles. The van der Waals surface area contributed by atoms with E-state index >= 15 is 0 Å². The highest BCUT2D eigenvalue weighted by Crippen LogP contribution is 2.26. The second-order valence-corrected chi connectivity index (χ2v) is 6.44. The molecule has 0 aliphatic rings. The molecule has 4 aromatic rings. The van der Waals surface area contributed by atoms with Crippen LogP contribution in [0.15, 0.2) is 66.9 Å². The largest absolute Gasteiger partial charge is 0.392 e. The third kappa shape index (κ3) is 3.03. The minimum atomic E-state index is 0.000753. The average molecular weight is 365 g/mol. The summed E-state index contributed by atoms with van der Waals surface area (Å²) in [5.41, 5.74) is 4.39. The van der Waals surface area contributed by atoms with E-state index in [1.807, 2.05) is 77.1 Å². The summed E-state index contributed by atoms with van der Waals surface area (Å²) in [6.07, 6.45) is 1.79. The van der Waals surface area contributed by atoms with E-state index in [4.69, 9.17) is 16.7 Å². The van der Waals surface area contributed by atoms with Crippen LogP contribution in [0.25, 0.3) is 16.9 Å². The fraction of sp³-hybridized carbons (Fsp3) is 0.100. The normalized spacial score (nSPS) is 11.0. The summed E-state index contributed by atoms with van der Waals surface area (Å²) >= 11 is 6.11. The van der Waals surface area contributed by atoms with Gasteiger partial charge < -0.3 is 10.0 Å². The number of aliphatic hydroxyl groups excluding tert-OH is 1. The second kappa shape index (κ2) is 6.78. The molecule has 0 unspecified atom stereocenters. The predicted molar refractivity (Wildman–Crippen MR) is 104 cm³/mol. The number of rotatable bonds is 4. The molecule has 6 heteroatoms. The zero-order valence-electron chi connectivity index (χ0n) is 14.2. The molecule has 0 aliphatic heterocycles. The highest BCUT2D eigenvalue weighted by molar-refractivity contribution is 6.30. The van der Waals surface area contributed by atoms with E-state index in [2.05, 4.69) is 4.98 Å². The van der Waals surface area contributed by atoms with Gasteiger partial charge in [0.1, 0.15) is 0 Å². The lowest BCUT2D eigenvalue weighted by atomic mass is 10.1. The molecule has 2 aromatic carbocycles. The molecule has 0 saturated carbocycles. The molecule has 26 heavy (non-hydrogen) atoms. The van der Waals surface area contributed by atoms with Gasteiger partial charge in [-0.15, -0.1) is 5.10 Å². The Balaban J connectivity index is 1.79. The van der Waals surface area contributed by atoms with Crippen LogP contribution in [0.2, 0.25) is 5.02 Å². The van der Waals surface area contributed by atoms with E-state index < -0.39 is 0 Å². The summed E-state index contributed by atoms with van der Waals surface area (Å²) in [4.78, 5) is 6.41. The lowest BCUT2D eigenvalue weighted by Gasteiger charge is -2.18. The molecule has 0 atom stereocenters. The number of aromatic nitrogens is 3. The number of anilines is 2. The second-order valence-electron chi connectivity index (χ2n) is 6.00. The van der Waals surface area contributed by atoms with Crippen molar-refractivity contribution in [2.24, 2.45) is 0 Å². The first-order valence-electron chi connectivity index (χ1n) is 8.20. The van der Waals surface area contributed by atoms with Crippen molar-refractivity contribution >= 4 is 28.8 Å². The molecule has 4 rings (SSSR count). The number of hydrogen-bond donors (Lipinski definition) is 1. The van der Waals surface area contributed by atoms with Gasteiger partial charge in [-0.3, -0.25) is 0 Å². The van der Waals surface area contributed by atoms with Crippen molar-refractivity contribution in [3.05, 3.63) is 77.4 Å². The van der Waals surface area contributed by atoms with Crippen LogP contribution in [-0.2, 0) is 6.61 Å². The zero-order chi connectivity index (χ0) is 18.1. The minimum Gasteiger partial charge on any atom is -0.392 e. The van der Waals surface area contributed by atoms with Crippen LogP contribution >= 0.6 is 11.6 Å². The third-order valence-corrected chi connectivity index (χ3v) is 4.53. The van der Waals surface area contributed by atoms with Crippen LogP contribution in [0.4, 0.5) is 11.5 Å². The summed E-state index contributed by atoms with van der Waals surface area (Å²) in [5, 5.41) is 14.8. The van der Waals surface area contributed by atoms with E-state index in [0.29, 0.717) is 5.02 Å². The van der Waals surface area contributed by atoms with Crippen LogP contribution in [0.5, 0.6) is 0 Å². The molecular weight excluding hydrogens is 348 g/mol. The van der Waals surface area contributed by atoms with Gasteiger partial charge in [0.25, 0.3) is 0 Å². The fourth-order valence-electron chi connectivity index (χ4n) is 2.89. The summed E-state index contributed by atoms with van der Waals surface area (Å²) in [6.45, 7) is 0.000753. The van der Waals surface area contributed by atoms with Gasteiger partial charge in [0, 0.05) is 23.3 Å². The Morgan fingerprint density at radius 2 is 1.92 bits per heavy atom. The summed E-state index contributed by atoms with van der Waals surface area (Å²) in [5.74, 6) is 0.775. The van der Waals surface area contributed by atoms with Gasteiger partial charge in [0.15, 0.2) is 11.5 Å². The van der Waals surface area contributed by atoms with Crippen molar-refractivity contribution < 1.29 is 5.11 Å². The van der Waals surface area contributed by atoms with Crippen molar-refractivity contribution in [1.82, 2.24) is 14.6 Å². The number of nitrogens with zero attached hydrogens (tertiary/aromatic N) is 4. The molecule has 2 aromatic heterocycles. The number of benzene rings is 2. The fourth-order valence-corrected chi connectivity index (χ4v) is 3.07. The minimum absolute atomic E-state index is 0.000753. The van der Waals surface area contributed by atoms with Gasteiger partial charge >= 0.3 is 0 Å². The number of halogens is 1. The summed E-state index contributed by atoms with van der Waals surface area (Å²) in [6, 6.07) is 19.2. The highest BCUT2D eigenvalue weighted by Gasteiger charge is 2.11. The standard InChI is InChI=1S/C20H17ClN4O/c1-24(17-7-3-6-16(21)11-17)20-9-8-19-22-12-18(25(19)23-20)15-5-2-4-14(10-15)13-26/h2-12,26H,13H2,1H3. The van der Waals surface area contributed by atoms with Crippen LogP contribution in [0, 0.1) is 0 Å². The molecule has 2 heterocycles. The molecule has 0 radical (unpaired) electrons. The van der Waals surface area contributed by atoms with Crippen LogP contribution < -0.4 is 4.90 Å². The first-order valence-corrected chi connectivity index (χ1v) is 8.58. The van der Waals surface area contributed by atoms with Gasteiger partial charge in [-0.1, -0.05) is 35.9 Å². The molecule has 0 aliphatic carbocycles. The maximum Gasteiger partial charge on any atom is 0.154 e. The Morgan fingerprint density at radius 1 is 1.08 bits per heavy atom. The van der Waals surface area contributed by atoms with Crippen molar-refractivity contribution in [2.75, 3.05) is 11.9 Å². The third-order valence-electron chi connectivity index (χ3n) is 4.29. The first-order chi connectivity index (χ1) is 12.7. The topological polar surface area (TPSA) is 53.7 Å². The smallest absolute Gasteiger partial charge is 0.154 e. The molecule has 0 spiro atoms. The predicted octanol–water partition coefficient (Wildman–Crippen LogP) is 4.31. The van der Waals surface area contributed by atoms with Crippen LogP contribution in [0.3, 0.4) is 0 Å². The van der Waals surface area contributed by atoms with Gasteiger partial charge in [0.2, 0.25) is 0 Å². The Labute approximate surface area is 156 Å². The lowest BCUT2D eigenvalue weighted by molar-refractivity contribution is 0.282. The highest BCUT2D eigenvalue weighted by atomic mass is 35.5. The quantitative estimate of drug-likeness (QED) is 0.586. The van der Waals surface area contributed by atoms with E-state index in [0.717, 1.165) is 34.0 Å². The first kappa shape index (κ1) is 16.6. The molecule has 0 fully saturated rings. The Hall–Kier alpha value is -2.89. The van der Waals surface area contributed by atoms with Crippen molar-refractivity contribution in [1.29, 1.82) is 0 Å². The Kier molecular flexibility index (Phi) is 4.32. The summed E-state index contributed by atoms with van der Waals surface area (Å²) in [7, 11) is 1.95. The van der Waals surface area contributed by atoms with E-state index in [1.54, 1.807) is 6.20 Å². The van der Waals surface area contributed by atoms with Gasteiger partial charge in [-0.2, -0.15) is 0 Å². The number of imidazole rings is 1. The number of hydrogen-bond acceptors (Lipinski definition) is 4.